The molecule has 1 saturated heterocycles. The maximum absolute atomic E-state index is 13.9. The Labute approximate surface area is 229 Å². The molecule has 0 radical (unpaired) electrons. The Morgan fingerprint density at radius 1 is 1.18 bits per heavy atom. The summed E-state index contributed by atoms with van der Waals surface area (Å²) in [4.78, 5) is 39.0. The van der Waals surface area contributed by atoms with Crippen molar-refractivity contribution in [1.82, 2.24) is 14.9 Å². The van der Waals surface area contributed by atoms with Gasteiger partial charge in [-0.25, -0.2) is 9.78 Å². The average Bonchev–Trinajstić information content (AvgIpc) is 3.54. The van der Waals surface area contributed by atoms with Crippen molar-refractivity contribution in [2.75, 3.05) is 36.5 Å². The van der Waals surface area contributed by atoms with Crippen LogP contribution in [0.2, 0.25) is 0 Å². The Kier molecular flexibility index (Phi) is 7.93. The van der Waals surface area contributed by atoms with E-state index in [4.69, 9.17) is 14.5 Å². The SMILES string of the molecule is CC(C)(C)OC(=O)N1CCC(CN(C(=O)c2ccc3c(c2)CCO3)c2ccnc(NC3CCC[C@@H]3O)n2)CC1. The molecule has 10 heteroatoms. The highest BCUT2D eigenvalue weighted by Gasteiger charge is 2.31. The summed E-state index contributed by atoms with van der Waals surface area (Å²) in [7, 11) is 0. The Morgan fingerprint density at radius 2 is 1.97 bits per heavy atom. The molecule has 0 bridgehead atoms. The molecule has 0 spiro atoms. The number of amides is 2. The number of rotatable bonds is 6. The third-order valence-corrected chi connectivity index (χ3v) is 7.60. The summed E-state index contributed by atoms with van der Waals surface area (Å²) in [5, 5.41) is 13.5. The van der Waals surface area contributed by atoms with Gasteiger partial charge in [-0.2, -0.15) is 4.98 Å². The van der Waals surface area contributed by atoms with Crippen molar-refractivity contribution in [3.05, 3.63) is 41.6 Å². The van der Waals surface area contributed by atoms with Crippen molar-refractivity contribution in [3.8, 4) is 5.75 Å². The van der Waals surface area contributed by atoms with Crippen LogP contribution in [0.4, 0.5) is 16.6 Å². The number of aliphatic hydroxyl groups is 1. The van der Waals surface area contributed by atoms with Gasteiger partial charge in [0.2, 0.25) is 5.95 Å². The molecule has 5 rings (SSSR count). The van der Waals surface area contributed by atoms with E-state index < -0.39 is 11.7 Å². The first-order chi connectivity index (χ1) is 18.7. The fraction of sp³-hybridized carbons (Fsp3) is 0.586. The molecule has 1 aromatic carbocycles. The molecule has 3 aliphatic rings. The monoisotopic (exact) mass is 537 g/mol. The highest BCUT2D eigenvalue weighted by atomic mass is 16.6. The van der Waals surface area contributed by atoms with Crippen LogP contribution in [0.15, 0.2) is 30.5 Å². The standard InChI is InChI=1S/C29H39N5O5/c1-29(2,3)39-28(37)33-14-10-19(11-15-33)18-34(26(36)21-7-8-24-20(17-21)12-16-38-24)25-9-13-30-27(32-25)31-22-5-4-6-23(22)35/h7-9,13,17,19,22-23,35H,4-6,10-12,14-16,18H2,1-3H3,(H,30,31,32)/t22?,23-/m0/s1. The molecule has 1 saturated carbocycles. The zero-order valence-corrected chi connectivity index (χ0v) is 23.1. The van der Waals surface area contributed by atoms with Gasteiger partial charge in [0.05, 0.1) is 18.8 Å². The number of nitrogens with zero attached hydrogens (tertiary/aromatic N) is 4. The topological polar surface area (TPSA) is 117 Å². The van der Waals surface area contributed by atoms with E-state index in [9.17, 15) is 14.7 Å². The summed E-state index contributed by atoms with van der Waals surface area (Å²) < 4.78 is 11.2. The molecular weight excluding hydrogens is 498 g/mol. The molecule has 39 heavy (non-hydrogen) atoms. The predicted octanol–water partition coefficient (Wildman–Crippen LogP) is 4.03. The highest BCUT2D eigenvalue weighted by Crippen LogP contribution is 2.29. The van der Waals surface area contributed by atoms with Gasteiger partial charge in [0, 0.05) is 37.8 Å². The maximum atomic E-state index is 13.9. The van der Waals surface area contributed by atoms with Gasteiger partial charge in [0.15, 0.2) is 0 Å². The first kappa shape index (κ1) is 27.2. The van der Waals surface area contributed by atoms with Crippen molar-refractivity contribution in [2.24, 2.45) is 5.92 Å². The molecule has 1 aliphatic carbocycles. The van der Waals surface area contributed by atoms with Gasteiger partial charge in [-0.3, -0.25) is 9.69 Å². The molecule has 3 heterocycles. The number of fused-ring (bicyclic) bond motifs is 1. The van der Waals surface area contributed by atoms with Crippen LogP contribution in [0.5, 0.6) is 5.75 Å². The van der Waals surface area contributed by atoms with E-state index in [-0.39, 0.29) is 24.0 Å². The van der Waals surface area contributed by atoms with Crippen LogP contribution in [-0.2, 0) is 11.2 Å². The summed E-state index contributed by atoms with van der Waals surface area (Å²) in [6.07, 6.45) is 5.77. The van der Waals surface area contributed by atoms with Crippen molar-refractivity contribution in [3.63, 3.8) is 0 Å². The van der Waals surface area contributed by atoms with E-state index in [1.165, 1.54) is 0 Å². The lowest BCUT2D eigenvalue weighted by Crippen LogP contribution is -2.45. The van der Waals surface area contributed by atoms with Gasteiger partial charge in [-0.15, -0.1) is 0 Å². The van der Waals surface area contributed by atoms with Gasteiger partial charge < -0.3 is 24.8 Å². The second kappa shape index (κ2) is 11.4. The van der Waals surface area contributed by atoms with Gasteiger partial charge in [-0.1, -0.05) is 0 Å². The van der Waals surface area contributed by atoms with E-state index in [1.807, 2.05) is 32.9 Å². The quantitative estimate of drug-likeness (QED) is 0.567. The zero-order valence-electron chi connectivity index (χ0n) is 23.1. The fourth-order valence-corrected chi connectivity index (χ4v) is 5.48. The van der Waals surface area contributed by atoms with E-state index in [0.717, 1.165) is 49.8 Å². The maximum Gasteiger partial charge on any atom is 0.410 e. The van der Waals surface area contributed by atoms with Crippen molar-refractivity contribution in [2.45, 2.75) is 77.0 Å². The normalized spacial score (nSPS) is 21.3. The minimum absolute atomic E-state index is 0.0988. The molecular formula is C29H39N5O5. The lowest BCUT2D eigenvalue weighted by atomic mass is 9.96. The molecule has 2 aliphatic heterocycles. The van der Waals surface area contributed by atoms with Crippen LogP contribution in [0.25, 0.3) is 0 Å². The number of hydrogen-bond donors (Lipinski definition) is 2. The number of nitrogens with one attached hydrogen (secondary N) is 1. The molecule has 1 unspecified atom stereocenters. The number of benzene rings is 1. The van der Waals surface area contributed by atoms with E-state index >= 15 is 0 Å². The zero-order chi connectivity index (χ0) is 27.6. The first-order valence-corrected chi connectivity index (χ1v) is 14.0. The lowest BCUT2D eigenvalue weighted by Gasteiger charge is -2.35. The van der Waals surface area contributed by atoms with Crippen LogP contribution in [0.3, 0.4) is 0 Å². The molecule has 2 atom stereocenters. The van der Waals surface area contributed by atoms with Crippen LogP contribution in [0, 0.1) is 5.92 Å². The molecule has 210 valence electrons. The van der Waals surface area contributed by atoms with Crippen LogP contribution >= 0.6 is 0 Å². The minimum Gasteiger partial charge on any atom is -0.493 e. The van der Waals surface area contributed by atoms with Crippen molar-refractivity contribution in [1.29, 1.82) is 0 Å². The average molecular weight is 538 g/mol. The Balaban J connectivity index is 1.34. The predicted molar refractivity (Wildman–Crippen MR) is 147 cm³/mol. The number of likely N-dealkylation sites (tertiary alicyclic amines) is 1. The van der Waals surface area contributed by atoms with Crippen LogP contribution in [-0.4, -0.2) is 76.0 Å². The number of carbonyl (C=O) groups is 2. The van der Waals surface area contributed by atoms with E-state index in [2.05, 4.69) is 10.3 Å². The number of anilines is 2. The summed E-state index contributed by atoms with van der Waals surface area (Å²) in [5.41, 5.74) is 1.09. The first-order valence-electron chi connectivity index (χ1n) is 14.0. The van der Waals surface area contributed by atoms with Crippen LogP contribution in [0.1, 0.15) is 68.8 Å². The third kappa shape index (κ3) is 6.61. The summed E-state index contributed by atoms with van der Waals surface area (Å²) >= 11 is 0. The van der Waals surface area contributed by atoms with E-state index in [0.29, 0.717) is 43.6 Å². The molecule has 2 amide bonds. The van der Waals surface area contributed by atoms with Gasteiger partial charge >= 0.3 is 6.09 Å². The van der Waals surface area contributed by atoms with Crippen molar-refractivity contribution >= 4 is 23.8 Å². The summed E-state index contributed by atoms with van der Waals surface area (Å²) in [6.45, 7) is 7.85. The highest BCUT2D eigenvalue weighted by molar-refractivity contribution is 6.06. The summed E-state index contributed by atoms with van der Waals surface area (Å²) in [6, 6.07) is 7.23. The van der Waals surface area contributed by atoms with Crippen LogP contribution < -0.4 is 15.0 Å². The number of aromatic nitrogens is 2. The number of carbonyl (C=O) groups excluding carboxylic acids is 2. The lowest BCUT2D eigenvalue weighted by molar-refractivity contribution is 0.0185. The Hall–Kier alpha value is -3.40. The van der Waals surface area contributed by atoms with Gasteiger partial charge in [-0.05, 0) is 88.6 Å². The number of piperidine rings is 1. The number of aliphatic hydroxyl groups excluding tert-OH is 1. The van der Waals surface area contributed by atoms with Gasteiger partial charge in [0.1, 0.15) is 17.2 Å². The molecule has 2 aromatic rings. The fourth-order valence-electron chi connectivity index (χ4n) is 5.48. The Bertz CT molecular complexity index is 1190. The molecule has 1 aromatic heterocycles. The second-order valence-electron chi connectivity index (χ2n) is 11.7. The second-order valence-corrected chi connectivity index (χ2v) is 11.7. The largest absolute Gasteiger partial charge is 0.493 e. The third-order valence-electron chi connectivity index (χ3n) is 7.60. The van der Waals surface area contributed by atoms with Gasteiger partial charge in [0.25, 0.3) is 5.91 Å². The smallest absolute Gasteiger partial charge is 0.410 e. The van der Waals surface area contributed by atoms with Crippen molar-refractivity contribution < 1.29 is 24.2 Å². The minimum atomic E-state index is -0.536. The number of ether oxygens (including phenoxy) is 2. The van der Waals surface area contributed by atoms with E-state index in [1.54, 1.807) is 28.1 Å². The molecule has 2 fully saturated rings. The number of hydrogen-bond acceptors (Lipinski definition) is 8. The molecule has 2 N–H and O–H groups in total. The molecule has 10 nitrogen and oxygen atoms in total. The Morgan fingerprint density at radius 3 is 2.69 bits per heavy atom. The summed E-state index contributed by atoms with van der Waals surface area (Å²) in [5.74, 6) is 1.80.